The minimum atomic E-state index is -4.71. The SMILES string of the molecule is COc1ccccc1C(O)(c1ccccc1OC)[C@@H](C)N=Cc1cccc(C(F)(F)F)c1O.[Cu]. The van der Waals surface area contributed by atoms with E-state index in [1.807, 2.05) is 0 Å². The van der Waals surface area contributed by atoms with E-state index >= 15 is 0 Å². The maximum Gasteiger partial charge on any atom is 0.419 e. The molecule has 1 radical (unpaired) electrons. The van der Waals surface area contributed by atoms with Crippen LogP contribution in [0.1, 0.15) is 29.2 Å². The summed E-state index contributed by atoms with van der Waals surface area (Å²) in [5, 5.41) is 22.2. The molecule has 3 aromatic carbocycles. The summed E-state index contributed by atoms with van der Waals surface area (Å²) in [5.74, 6) is -0.135. The second-order valence-corrected chi connectivity index (χ2v) is 7.36. The second kappa shape index (κ2) is 11.0. The maximum absolute atomic E-state index is 13.2. The van der Waals surface area contributed by atoms with Crippen LogP contribution in [0.5, 0.6) is 17.2 Å². The molecule has 0 aromatic heterocycles. The zero-order valence-corrected chi connectivity index (χ0v) is 19.5. The van der Waals surface area contributed by atoms with Crippen LogP contribution in [0.15, 0.2) is 71.7 Å². The van der Waals surface area contributed by atoms with Crippen LogP contribution < -0.4 is 9.47 Å². The predicted molar refractivity (Wildman–Crippen MR) is 119 cm³/mol. The number of benzene rings is 3. The van der Waals surface area contributed by atoms with Crippen molar-refractivity contribution in [1.29, 1.82) is 0 Å². The van der Waals surface area contributed by atoms with E-state index in [-0.39, 0.29) is 22.6 Å². The molecular weight excluding hydrogens is 499 g/mol. The van der Waals surface area contributed by atoms with Crippen LogP contribution in [0, 0.1) is 0 Å². The molecule has 0 aliphatic heterocycles. The van der Waals surface area contributed by atoms with Gasteiger partial charge in [-0.25, -0.2) is 0 Å². The minimum Gasteiger partial charge on any atom is -0.507 e. The molecule has 0 aliphatic rings. The quantitative estimate of drug-likeness (QED) is 0.332. The first-order valence-electron chi connectivity index (χ1n) is 10.1. The largest absolute Gasteiger partial charge is 0.507 e. The molecule has 0 fully saturated rings. The Kier molecular flexibility index (Phi) is 8.77. The van der Waals surface area contributed by atoms with Gasteiger partial charge in [-0.15, -0.1) is 0 Å². The number of rotatable bonds is 7. The van der Waals surface area contributed by atoms with Gasteiger partial charge in [-0.3, -0.25) is 4.99 Å². The Balaban J connectivity index is 0.00000408. The maximum atomic E-state index is 13.2. The number of phenolic OH excluding ortho intramolecular Hbond substituents is 1. The van der Waals surface area contributed by atoms with Crippen molar-refractivity contribution >= 4 is 6.21 Å². The fraction of sp³-hybridized carbons (Fsp3) is 0.240. The molecule has 0 saturated carbocycles. The van der Waals surface area contributed by atoms with Crippen molar-refractivity contribution in [3.63, 3.8) is 0 Å². The Hall–Kier alpha value is -3.00. The fourth-order valence-electron chi connectivity index (χ4n) is 3.71. The number of nitrogens with zero attached hydrogens (tertiary/aromatic N) is 1. The molecule has 0 heterocycles. The number of para-hydroxylation sites is 3. The number of hydrogen-bond acceptors (Lipinski definition) is 5. The first-order valence-corrected chi connectivity index (χ1v) is 10.1. The fourth-order valence-corrected chi connectivity index (χ4v) is 3.71. The summed E-state index contributed by atoms with van der Waals surface area (Å²) in [5.41, 5.74) is -2.26. The van der Waals surface area contributed by atoms with E-state index < -0.39 is 29.1 Å². The normalized spacial score (nSPS) is 12.8. The summed E-state index contributed by atoms with van der Waals surface area (Å²) < 4.78 is 50.4. The number of aromatic hydroxyl groups is 1. The molecule has 0 unspecified atom stereocenters. The number of halogens is 3. The van der Waals surface area contributed by atoms with Gasteiger partial charge < -0.3 is 19.7 Å². The number of methoxy groups -OCH3 is 2. The van der Waals surface area contributed by atoms with Crippen LogP contribution in [0.2, 0.25) is 0 Å². The van der Waals surface area contributed by atoms with E-state index in [4.69, 9.17) is 9.47 Å². The van der Waals surface area contributed by atoms with E-state index in [1.165, 1.54) is 26.4 Å². The van der Waals surface area contributed by atoms with E-state index in [1.54, 1.807) is 55.5 Å². The molecule has 5 nitrogen and oxygen atoms in total. The molecule has 0 spiro atoms. The molecular formula is C25H24CuF3NO4. The van der Waals surface area contributed by atoms with E-state index in [0.717, 1.165) is 12.3 Å². The van der Waals surface area contributed by atoms with Crippen LogP contribution in [0.4, 0.5) is 13.2 Å². The number of aliphatic imine (C=N–C) groups is 1. The van der Waals surface area contributed by atoms with Crippen molar-refractivity contribution < 1.29 is 49.9 Å². The van der Waals surface area contributed by atoms with Gasteiger partial charge in [0.1, 0.15) is 22.8 Å². The van der Waals surface area contributed by atoms with Crippen LogP contribution in [0.25, 0.3) is 0 Å². The molecule has 0 saturated heterocycles. The standard InChI is InChI=1S/C25H24F3NO4.Cu/c1-16(29-15-17-9-8-12-20(23(17)30)25(26,27)28)24(31,18-10-4-6-13-21(18)32-2)19-11-5-7-14-22(19)33-3;/h4-16,30-31H,1-3H3;/t16-;/m1./s1. The van der Waals surface area contributed by atoms with E-state index in [9.17, 15) is 23.4 Å². The van der Waals surface area contributed by atoms with Crippen LogP contribution in [-0.4, -0.2) is 36.7 Å². The molecule has 1 atom stereocenters. The van der Waals surface area contributed by atoms with Crippen molar-refractivity contribution in [2.45, 2.75) is 24.7 Å². The first kappa shape index (κ1) is 27.2. The molecule has 3 aromatic rings. The Bertz CT molecular complexity index is 1100. The Morgan fingerprint density at radius 2 is 1.29 bits per heavy atom. The predicted octanol–water partition coefficient (Wildman–Crippen LogP) is 5.17. The summed E-state index contributed by atoms with van der Waals surface area (Å²) in [7, 11) is 2.94. The van der Waals surface area contributed by atoms with Gasteiger partial charge in [-0.1, -0.05) is 42.5 Å². The summed E-state index contributed by atoms with van der Waals surface area (Å²) in [6.07, 6.45) is -3.60. The Morgan fingerprint density at radius 3 is 1.76 bits per heavy atom. The van der Waals surface area contributed by atoms with E-state index in [2.05, 4.69) is 4.99 Å². The number of hydrogen-bond donors (Lipinski definition) is 2. The van der Waals surface area contributed by atoms with Crippen molar-refractivity contribution in [1.82, 2.24) is 0 Å². The van der Waals surface area contributed by atoms with Gasteiger partial charge in [0.05, 0.1) is 25.8 Å². The second-order valence-electron chi connectivity index (χ2n) is 7.36. The number of aliphatic hydroxyl groups is 1. The Morgan fingerprint density at radius 1 is 0.824 bits per heavy atom. The van der Waals surface area contributed by atoms with Gasteiger partial charge in [-0.2, -0.15) is 13.2 Å². The van der Waals surface area contributed by atoms with Gasteiger partial charge in [0.15, 0.2) is 0 Å². The van der Waals surface area contributed by atoms with Crippen LogP contribution in [-0.2, 0) is 28.8 Å². The summed E-state index contributed by atoms with van der Waals surface area (Å²) >= 11 is 0. The van der Waals surface area contributed by atoms with Crippen molar-refractivity contribution in [2.75, 3.05) is 14.2 Å². The smallest absolute Gasteiger partial charge is 0.419 e. The molecule has 2 N–H and O–H groups in total. The minimum absolute atomic E-state index is 0. The molecule has 3 rings (SSSR count). The molecule has 0 aliphatic carbocycles. The van der Waals surface area contributed by atoms with Crippen molar-refractivity contribution in [2.24, 2.45) is 4.99 Å². The number of ether oxygens (including phenoxy) is 2. The summed E-state index contributed by atoms with van der Waals surface area (Å²) in [4.78, 5) is 4.34. The first-order chi connectivity index (χ1) is 15.6. The van der Waals surface area contributed by atoms with Crippen molar-refractivity contribution in [3.8, 4) is 17.2 Å². The van der Waals surface area contributed by atoms with Gasteiger partial charge >= 0.3 is 6.18 Å². The number of phenols is 1. The third kappa shape index (κ3) is 5.22. The zero-order valence-electron chi connectivity index (χ0n) is 18.6. The molecule has 185 valence electrons. The Labute approximate surface area is 206 Å². The van der Waals surface area contributed by atoms with Gasteiger partial charge in [-0.05, 0) is 31.2 Å². The molecule has 9 heteroatoms. The molecule has 0 amide bonds. The van der Waals surface area contributed by atoms with Crippen LogP contribution >= 0.6 is 0 Å². The summed E-state index contributed by atoms with van der Waals surface area (Å²) in [6, 6.07) is 16.1. The third-order valence-corrected chi connectivity index (χ3v) is 5.45. The van der Waals surface area contributed by atoms with Gasteiger partial charge in [0, 0.05) is 40.0 Å². The monoisotopic (exact) mass is 522 g/mol. The van der Waals surface area contributed by atoms with Crippen LogP contribution in [0.3, 0.4) is 0 Å². The van der Waals surface area contributed by atoms with E-state index in [0.29, 0.717) is 22.6 Å². The molecule has 34 heavy (non-hydrogen) atoms. The summed E-state index contributed by atoms with van der Waals surface area (Å²) in [6.45, 7) is 1.61. The van der Waals surface area contributed by atoms with Gasteiger partial charge in [0.25, 0.3) is 0 Å². The zero-order chi connectivity index (χ0) is 24.2. The average Bonchev–Trinajstić information content (AvgIpc) is 2.81. The topological polar surface area (TPSA) is 71.3 Å². The van der Waals surface area contributed by atoms with Gasteiger partial charge in [0.2, 0.25) is 0 Å². The van der Waals surface area contributed by atoms with Crippen molar-refractivity contribution in [3.05, 3.63) is 89.0 Å². The average molecular weight is 523 g/mol. The molecule has 0 bridgehead atoms. The number of alkyl halides is 3. The third-order valence-electron chi connectivity index (χ3n) is 5.45.